The van der Waals surface area contributed by atoms with Gasteiger partial charge < -0.3 is 4.42 Å². The number of furan rings is 1. The zero-order valence-electron chi connectivity index (χ0n) is 3.97. The highest BCUT2D eigenvalue weighted by molar-refractivity contribution is 7.16. The Bertz CT molecular complexity index is 230. The first-order chi connectivity index (χ1) is 3.97. The summed E-state index contributed by atoms with van der Waals surface area (Å²) in [5.74, 6) is 0. The molecule has 2 radical (unpaired) electrons. The molecule has 2 heterocycles. The van der Waals surface area contributed by atoms with Crippen molar-refractivity contribution in [2.45, 2.75) is 0 Å². The fourth-order valence-corrected chi connectivity index (χ4v) is 1.20. The van der Waals surface area contributed by atoms with Gasteiger partial charge in [0, 0.05) is 17.5 Å². The third-order valence-electron chi connectivity index (χ3n) is 0.940. The van der Waals surface area contributed by atoms with Crippen molar-refractivity contribution in [2.75, 3.05) is 0 Å². The summed E-state index contributed by atoms with van der Waals surface area (Å²) in [4.78, 5) is 0. The molecule has 38 valence electrons. The fourth-order valence-electron chi connectivity index (χ4n) is 0.590. The van der Waals surface area contributed by atoms with Crippen molar-refractivity contribution < 1.29 is 4.42 Å². The summed E-state index contributed by atoms with van der Waals surface area (Å²) < 4.78 is 6.00. The summed E-state index contributed by atoms with van der Waals surface area (Å²) in [6.45, 7) is 0. The predicted octanol–water partition coefficient (Wildman–Crippen LogP) is 2.09. The summed E-state index contributed by atoms with van der Waals surface area (Å²) in [7, 11) is 0. The largest absolute Gasteiger partial charge is 0.462 e. The molecular weight excluding hydrogens is 120 g/mol. The molecule has 0 aliphatic heterocycles. The van der Waals surface area contributed by atoms with Crippen molar-refractivity contribution in [1.82, 2.24) is 0 Å². The van der Waals surface area contributed by atoms with E-state index in [1.165, 1.54) is 0 Å². The van der Waals surface area contributed by atoms with Gasteiger partial charge in [0.25, 0.3) is 0 Å². The molecule has 0 aliphatic carbocycles. The quantitative estimate of drug-likeness (QED) is 0.521. The van der Waals surface area contributed by atoms with E-state index in [0.29, 0.717) is 0 Å². The number of thiophene rings is 1. The van der Waals surface area contributed by atoms with Crippen molar-refractivity contribution in [1.29, 1.82) is 0 Å². The van der Waals surface area contributed by atoms with E-state index in [0.717, 1.165) is 10.3 Å². The third kappa shape index (κ3) is 0.406. The number of hydrogen-bond acceptors (Lipinski definition) is 2. The molecule has 8 heavy (non-hydrogen) atoms. The Labute approximate surface area is 50.5 Å². The Morgan fingerprint density at radius 1 is 1.50 bits per heavy atom. The van der Waals surface area contributed by atoms with Crippen LogP contribution in [0, 0.1) is 12.1 Å². The maximum absolute atomic E-state index is 4.96. The normalized spacial score (nSPS) is 10.5. The molecule has 0 aromatic carbocycles. The van der Waals surface area contributed by atoms with E-state index in [9.17, 15) is 0 Å². The van der Waals surface area contributed by atoms with Gasteiger partial charge in [0.15, 0.2) is 5.58 Å². The minimum absolute atomic E-state index is 0.815. The molecule has 1 nitrogen and oxygen atoms in total. The lowest BCUT2D eigenvalue weighted by atomic mass is 10.5. The van der Waals surface area contributed by atoms with Gasteiger partial charge in [-0.05, 0) is 0 Å². The fraction of sp³-hybridized carbons (Fsp3) is 0. The lowest BCUT2D eigenvalue weighted by Gasteiger charge is -1.64. The van der Waals surface area contributed by atoms with Crippen molar-refractivity contribution >= 4 is 21.6 Å². The van der Waals surface area contributed by atoms with Gasteiger partial charge in [0.05, 0.1) is 4.70 Å². The smallest absolute Gasteiger partial charge is 0.153 e. The molecule has 0 bridgehead atoms. The van der Waals surface area contributed by atoms with Crippen molar-refractivity contribution in [3.63, 3.8) is 0 Å². The van der Waals surface area contributed by atoms with Gasteiger partial charge in [0.1, 0.15) is 6.26 Å². The van der Waals surface area contributed by atoms with Gasteiger partial charge in [-0.1, -0.05) is 0 Å². The van der Waals surface area contributed by atoms with E-state index < -0.39 is 0 Å². The standard InChI is InChI=1S/C6H2OS/c1-3-7-5-2-4-8-6(1)5/h3-4H. The Balaban J connectivity index is 3.06. The maximum Gasteiger partial charge on any atom is 0.153 e. The number of hydrogen-bond donors (Lipinski definition) is 0. The van der Waals surface area contributed by atoms with Crippen molar-refractivity contribution in [3.8, 4) is 0 Å². The van der Waals surface area contributed by atoms with Crippen LogP contribution >= 0.6 is 11.3 Å². The highest BCUT2D eigenvalue weighted by atomic mass is 32.1. The van der Waals surface area contributed by atoms with Gasteiger partial charge in [-0.2, -0.15) is 0 Å². The Morgan fingerprint density at radius 3 is 3.38 bits per heavy atom. The monoisotopic (exact) mass is 122 g/mol. The number of fused-ring (bicyclic) bond motifs is 1. The van der Waals surface area contributed by atoms with Crippen LogP contribution in [0.15, 0.2) is 16.1 Å². The molecular formula is C6H2OS. The summed E-state index contributed by atoms with van der Waals surface area (Å²) in [6.07, 6.45) is 1.55. The van der Waals surface area contributed by atoms with E-state index in [1.54, 1.807) is 17.6 Å². The van der Waals surface area contributed by atoms with Crippen LogP contribution in [0.5, 0.6) is 0 Å². The van der Waals surface area contributed by atoms with Gasteiger partial charge in [-0.15, -0.1) is 11.3 Å². The van der Waals surface area contributed by atoms with Crippen molar-refractivity contribution in [3.05, 3.63) is 23.8 Å². The second-order valence-corrected chi connectivity index (χ2v) is 2.30. The minimum atomic E-state index is 0.815. The molecule has 0 aliphatic rings. The zero-order chi connectivity index (χ0) is 5.40. The lowest BCUT2D eigenvalue weighted by molar-refractivity contribution is 0.615. The molecule has 0 atom stereocenters. The van der Waals surface area contributed by atoms with E-state index in [-0.39, 0.29) is 0 Å². The van der Waals surface area contributed by atoms with Crippen LogP contribution in [0.25, 0.3) is 10.3 Å². The first-order valence-electron chi connectivity index (χ1n) is 2.21. The van der Waals surface area contributed by atoms with Crippen LogP contribution < -0.4 is 0 Å². The van der Waals surface area contributed by atoms with Gasteiger partial charge in [-0.3, -0.25) is 0 Å². The molecule has 0 unspecified atom stereocenters. The number of rotatable bonds is 0. The molecule has 2 rings (SSSR count). The highest BCUT2D eigenvalue weighted by Gasteiger charge is 1.94. The zero-order valence-corrected chi connectivity index (χ0v) is 4.79. The van der Waals surface area contributed by atoms with E-state index in [4.69, 9.17) is 4.42 Å². The molecule has 2 aromatic heterocycles. The molecule has 0 N–H and O–H groups in total. The average molecular weight is 122 g/mol. The Hall–Kier alpha value is -0.760. The molecule has 0 saturated carbocycles. The predicted molar refractivity (Wildman–Crippen MR) is 31.8 cm³/mol. The van der Waals surface area contributed by atoms with Crippen LogP contribution in [0.4, 0.5) is 0 Å². The molecule has 2 aromatic rings. The molecule has 2 heteroatoms. The van der Waals surface area contributed by atoms with Crippen LogP contribution in [0.1, 0.15) is 0 Å². The van der Waals surface area contributed by atoms with Gasteiger partial charge in [0.2, 0.25) is 0 Å². The second-order valence-electron chi connectivity index (χ2n) is 1.42. The first-order valence-corrected chi connectivity index (χ1v) is 3.09. The summed E-state index contributed by atoms with van der Waals surface area (Å²) in [6, 6.07) is 5.84. The van der Waals surface area contributed by atoms with Crippen LogP contribution in [-0.4, -0.2) is 0 Å². The SMILES string of the molecule is [c]1csc2[c]coc12. The molecule has 0 spiro atoms. The third-order valence-corrected chi connectivity index (χ3v) is 1.71. The van der Waals surface area contributed by atoms with Gasteiger partial charge in [-0.25, -0.2) is 0 Å². The topological polar surface area (TPSA) is 13.1 Å². The minimum Gasteiger partial charge on any atom is -0.462 e. The summed E-state index contributed by atoms with van der Waals surface area (Å²) in [5.41, 5.74) is 0.815. The Kier molecular flexibility index (Phi) is 0.704. The summed E-state index contributed by atoms with van der Waals surface area (Å²) >= 11 is 1.59. The van der Waals surface area contributed by atoms with E-state index in [1.807, 2.05) is 5.38 Å². The van der Waals surface area contributed by atoms with E-state index >= 15 is 0 Å². The summed E-state index contributed by atoms with van der Waals surface area (Å²) in [5, 5.41) is 1.87. The lowest BCUT2D eigenvalue weighted by Crippen LogP contribution is -1.38. The molecule has 0 saturated heterocycles. The maximum atomic E-state index is 4.96. The highest BCUT2D eigenvalue weighted by Crippen LogP contribution is 2.18. The van der Waals surface area contributed by atoms with Crippen LogP contribution in [0.2, 0.25) is 0 Å². The average Bonchev–Trinajstić information content (AvgIpc) is 2.15. The van der Waals surface area contributed by atoms with Crippen LogP contribution in [-0.2, 0) is 0 Å². The van der Waals surface area contributed by atoms with E-state index in [2.05, 4.69) is 12.1 Å². The molecule has 0 fully saturated rings. The van der Waals surface area contributed by atoms with Crippen LogP contribution in [0.3, 0.4) is 0 Å². The second kappa shape index (κ2) is 1.36. The molecule has 0 amide bonds. The first kappa shape index (κ1) is 4.15. The Morgan fingerprint density at radius 2 is 2.50 bits per heavy atom. The van der Waals surface area contributed by atoms with Gasteiger partial charge >= 0.3 is 0 Å². The van der Waals surface area contributed by atoms with Crippen molar-refractivity contribution in [2.24, 2.45) is 0 Å².